The lowest BCUT2D eigenvalue weighted by Gasteiger charge is -2.15. The Labute approximate surface area is 276 Å². The van der Waals surface area contributed by atoms with Crippen molar-refractivity contribution in [2.75, 3.05) is 19.8 Å². The molecule has 0 fully saturated rings. The fraction of sp³-hybridized carbons (Fsp3) is 0.194. The zero-order valence-corrected chi connectivity index (χ0v) is 26.7. The number of carbonyl (C=O) groups is 1. The second-order valence-electron chi connectivity index (χ2n) is 11.3. The molecule has 0 radical (unpaired) electrons. The largest absolute Gasteiger partial charge is 0.508 e. The maximum atomic E-state index is 14.4. The molecule has 11 heteroatoms. The molecule has 0 saturated carbocycles. The highest BCUT2D eigenvalue weighted by Gasteiger charge is 2.20. The summed E-state index contributed by atoms with van der Waals surface area (Å²) in [5, 5.41) is 16.4. The number of nitrogens with zero attached hydrogens (tertiary/aromatic N) is 6. The SMILES string of the molecule is CN(C)C(=O)CCCC#Cc1cccc2nc(Cn3nc(-c4ccc(O)cc4)c4c(N)cncc43)n(Cc3ccccc3Cl)c(=O)c12. The van der Waals surface area contributed by atoms with Gasteiger partial charge in [-0.3, -0.25) is 23.8 Å². The molecule has 0 saturated heterocycles. The average Bonchev–Trinajstić information content (AvgIpc) is 3.43. The summed E-state index contributed by atoms with van der Waals surface area (Å²) >= 11 is 6.56. The van der Waals surface area contributed by atoms with Gasteiger partial charge in [-0.15, -0.1) is 0 Å². The summed E-state index contributed by atoms with van der Waals surface area (Å²) in [4.78, 5) is 37.2. The number of halogens is 1. The van der Waals surface area contributed by atoms with Crippen LogP contribution in [0.1, 0.15) is 36.2 Å². The number of phenolic OH excluding ortho intramolecular Hbond substituents is 1. The van der Waals surface area contributed by atoms with Gasteiger partial charge in [0.05, 0.1) is 53.0 Å². The summed E-state index contributed by atoms with van der Waals surface area (Å²) in [7, 11) is 3.46. The summed E-state index contributed by atoms with van der Waals surface area (Å²) in [5.41, 5.74) is 10.5. The molecule has 236 valence electrons. The number of hydrogen-bond acceptors (Lipinski definition) is 7. The standard InChI is InChI=1S/C36H32ClN7O3/c1-42(2)32(46)14-5-3-4-9-23-11-8-13-29-33(23)36(47)43(21-25-10-6-7-12-27(25)37)31(40-29)22-44-30-20-39-19-28(38)34(30)35(41-44)24-15-17-26(45)18-16-24/h6-8,10-13,15-20,45H,3,5,14,21-22,38H2,1-2H3. The van der Waals surface area contributed by atoms with Crippen LogP contribution < -0.4 is 11.3 Å². The monoisotopic (exact) mass is 645 g/mol. The molecule has 47 heavy (non-hydrogen) atoms. The Bertz CT molecular complexity index is 2250. The van der Waals surface area contributed by atoms with E-state index in [9.17, 15) is 14.7 Å². The van der Waals surface area contributed by atoms with Crippen molar-refractivity contribution in [3.63, 3.8) is 0 Å². The molecule has 0 aliphatic rings. The normalized spacial score (nSPS) is 11.0. The van der Waals surface area contributed by atoms with Gasteiger partial charge in [0.1, 0.15) is 17.3 Å². The number of hydrogen-bond donors (Lipinski definition) is 2. The molecule has 0 atom stereocenters. The van der Waals surface area contributed by atoms with Crippen LogP contribution in [-0.2, 0) is 17.9 Å². The Balaban J connectivity index is 1.46. The van der Waals surface area contributed by atoms with Crippen molar-refractivity contribution in [3.8, 4) is 28.8 Å². The Hall–Kier alpha value is -5.66. The predicted octanol–water partition coefficient (Wildman–Crippen LogP) is 5.46. The zero-order chi connectivity index (χ0) is 33.1. The van der Waals surface area contributed by atoms with Crippen LogP contribution in [-0.4, -0.2) is 54.3 Å². The molecule has 0 aliphatic heterocycles. The topological polar surface area (TPSA) is 132 Å². The first-order valence-corrected chi connectivity index (χ1v) is 15.4. The van der Waals surface area contributed by atoms with Gasteiger partial charge in [-0.25, -0.2) is 4.98 Å². The first kappa shape index (κ1) is 31.3. The molecule has 3 aromatic carbocycles. The number of aromatic nitrogens is 5. The van der Waals surface area contributed by atoms with Crippen LogP contribution >= 0.6 is 11.6 Å². The first-order valence-electron chi connectivity index (χ1n) is 15.1. The second kappa shape index (κ2) is 13.4. The summed E-state index contributed by atoms with van der Waals surface area (Å²) in [6, 6.07) is 19.5. The number of aromatic hydroxyl groups is 1. The van der Waals surface area contributed by atoms with Crippen molar-refractivity contribution in [1.82, 2.24) is 29.2 Å². The molecule has 6 aromatic rings. The third kappa shape index (κ3) is 6.52. The van der Waals surface area contributed by atoms with Crippen LogP contribution in [0.15, 0.2) is 83.9 Å². The summed E-state index contributed by atoms with van der Waals surface area (Å²) in [6.45, 7) is 0.306. The second-order valence-corrected chi connectivity index (χ2v) is 11.7. The Morgan fingerprint density at radius 3 is 2.55 bits per heavy atom. The summed E-state index contributed by atoms with van der Waals surface area (Å²) < 4.78 is 3.34. The molecule has 0 aliphatic carbocycles. The van der Waals surface area contributed by atoms with Crippen molar-refractivity contribution in [2.45, 2.75) is 32.4 Å². The van der Waals surface area contributed by atoms with E-state index in [4.69, 9.17) is 27.4 Å². The van der Waals surface area contributed by atoms with Crippen LogP contribution in [0.3, 0.4) is 0 Å². The Morgan fingerprint density at radius 1 is 1.00 bits per heavy atom. The molecule has 3 heterocycles. The van der Waals surface area contributed by atoms with E-state index >= 15 is 0 Å². The predicted molar refractivity (Wildman–Crippen MR) is 184 cm³/mol. The maximum Gasteiger partial charge on any atom is 0.263 e. The van der Waals surface area contributed by atoms with E-state index in [1.807, 2.05) is 30.3 Å². The minimum absolute atomic E-state index is 0.0507. The van der Waals surface area contributed by atoms with E-state index in [1.165, 1.54) is 0 Å². The van der Waals surface area contributed by atoms with Crippen LogP contribution in [0.2, 0.25) is 5.02 Å². The number of pyridine rings is 1. The van der Waals surface area contributed by atoms with Gasteiger partial charge in [-0.05, 0) is 54.4 Å². The average molecular weight is 646 g/mol. The van der Waals surface area contributed by atoms with Gasteiger partial charge < -0.3 is 15.7 Å². The number of nitrogens with two attached hydrogens (primary N) is 1. The van der Waals surface area contributed by atoms with Crippen LogP contribution in [0.5, 0.6) is 5.75 Å². The van der Waals surface area contributed by atoms with Crippen LogP contribution in [0.4, 0.5) is 5.69 Å². The van der Waals surface area contributed by atoms with Gasteiger partial charge in [-0.2, -0.15) is 5.10 Å². The number of unbranched alkanes of at least 4 members (excludes halogenated alkanes) is 1. The van der Waals surface area contributed by atoms with Crippen molar-refractivity contribution >= 4 is 45.0 Å². The number of benzene rings is 3. The number of anilines is 1. The lowest BCUT2D eigenvalue weighted by Crippen LogP contribution is -2.28. The molecule has 10 nitrogen and oxygen atoms in total. The van der Waals surface area contributed by atoms with Gasteiger partial charge in [0.2, 0.25) is 5.91 Å². The third-order valence-corrected chi connectivity index (χ3v) is 8.25. The van der Waals surface area contributed by atoms with Crippen LogP contribution in [0.25, 0.3) is 33.1 Å². The fourth-order valence-corrected chi connectivity index (χ4v) is 5.62. The minimum Gasteiger partial charge on any atom is -0.508 e. The highest BCUT2D eigenvalue weighted by atomic mass is 35.5. The summed E-state index contributed by atoms with van der Waals surface area (Å²) in [5.74, 6) is 6.92. The highest BCUT2D eigenvalue weighted by molar-refractivity contribution is 6.31. The number of nitrogen functional groups attached to an aromatic ring is 1. The molecule has 6 rings (SSSR count). The van der Waals surface area contributed by atoms with E-state index in [2.05, 4.69) is 16.8 Å². The number of phenols is 1. The van der Waals surface area contributed by atoms with Gasteiger partial charge >= 0.3 is 0 Å². The van der Waals surface area contributed by atoms with E-state index in [0.29, 0.717) is 68.9 Å². The van der Waals surface area contributed by atoms with Crippen molar-refractivity contribution in [3.05, 3.63) is 111 Å². The smallest absolute Gasteiger partial charge is 0.263 e. The van der Waals surface area contributed by atoms with Crippen molar-refractivity contribution in [1.29, 1.82) is 0 Å². The number of amides is 1. The lowest BCUT2D eigenvalue weighted by molar-refractivity contribution is -0.128. The van der Waals surface area contributed by atoms with Crippen molar-refractivity contribution in [2.24, 2.45) is 0 Å². The van der Waals surface area contributed by atoms with Gasteiger partial charge in [0.25, 0.3) is 5.56 Å². The lowest BCUT2D eigenvalue weighted by atomic mass is 10.1. The molecule has 3 N–H and O–H groups in total. The molecule has 0 bridgehead atoms. The summed E-state index contributed by atoms with van der Waals surface area (Å²) in [6.07, 6.45) is 4.80. The highest BCUT2D eigenvalue weighted by Crippen LogP contribution is 2.33. The molecule has 3 aromatic heterocycles. The number of carbonyl (C=O) groups excluding carboxylic acids is 1. The molecular weight excluding hydrogens is 614 g/mol. The molecule has 0 unspecified atom stereocenters. The molecule has 0 spiro atoms. The van der Waals surface area contributed by atoms with Crippen molar-refractivity contribution < 1.29 is 9.90 Å². The Morgan fingerprint density at radius 2 is 1.79 bits per heavy atom. The van der Waals surface area contributed by atoms with E-state index in [1.54, 1.807) is 77.0 Å². The van der Waals surface area contributed by atoms with E-state index in [0.717, 1.165) is 11.1 Å². The zero-order valence-electron chi connectivity index (χ0n) is 25.9. The Kier molecular flexibility index (Phi) is 8.91. The first-order chi connectivity index (χ1) is 22.7. The number of fused-ring (bicyclic) bond motifs is 2. The third-order valence-electron chi connectivity index (χ3n) is 7.89. The van der Waals surface area contributed by atoms with E-state index in [-0.39, 0.29) is 30.3 Å². The maximum absolute atomic E-state index is 14.4. The number of rotatable bonds is 8. The van der Waals surface area contributed by atoms with Gasteiger partial charge in [-0.1, -0.05) is 47.7 Å². The van der Waals surface area contributed by atoms with Gasteiger partial charge in [0, 0.05) is 43.1 Å². The van der Waals surface area contributed by atoms with Gasteiger partial charge in [0.15, 0.2) is 0 Å². The quantitative estimate of drug-likeness (QED) is 0.166. The fourth-order valence-electron chi connectivity index (χ4n) is 5.42. The van der Waals surface area contributed by atoms with E-state index < -0.39 is 0 Å². The molecular formula is C36H32ClN7O3. The minimum atomic E-state index is -0.259. The van der Waals surface area contributed by atoms with Crippen LogP contribution in [0, 0.1) is 11.8 Å². The molecule has 1 amide bonds.